The zero-order valence-electron chi connectivity index (χ0n) is 15.0. The van der Waals surface area contributed by atoms with E-state index in [4.69, 9.17) is 5.11 Å². The fourth-order valence-electron chi connectivity index (χ4n) is 4.36. The molecule has 1 atom stereocenters. The van der Waals surface area contributed by atoms with Gasteiger partial charge in [0.1, 0.15) is 0 Å². The van der Waals surface area contributed by atoms with Crippen LogP contribution in [-0.2, 0) is 11.3 Å². The molecule has 1 aromatic rings. The van der Waals surface area contributed by atoms with Crippen molar-refractivity contribution >= 4 is 5.91 Å². The summed E-state index contributed by atoms with van der Waals surface area (Å²) in [6, 6.07) is 2.11. The average Bonchev–Trinajstić information content (AvgIpc) is 3.09. The SMILES string of the molecule is Cc1cc(C)n(CCCN2CC[C@@]3(CCCN(CCO)C3=O)C2)n1. The van der Waals surface area contributed by atoms with Gasteiger partial charge in [0.25, 0.3) is 0 Å². The molecule has 2 aliphatic rings. The number of aliphatic hydroxyl groups excluding tert-OH is 1. The van der Waals surface area contributed by atoms with E-state index in [0.29, 0.717) is 6.54 Å². The molecule has 2 aliphatic heterocycles. The van der Waals surface area contributed by atoms with Gasteiger partial charge >= 0.3 is 0 Å². The molecule has 0 aromatic carbocycles. The summed E-state index contributed by atoms with van der Waals surface area (Å²) in [5.41, 5.74) is 2.10. The third-order valence-electron chi connectivity index (χ3n) is 5.57. The van der Waals surface area contributed by atoms with E-state index in [-0.39, 0.29) is 17.9 Å². The Morgan fingerprint density at radius 3 is 2.75 bits per heavy atom. The molecule has 3 rings (SSSR count). The van der Waals surface area contributed by atoms with Crippen LogP contribution in [-0.4, -0.2) is 69.9 Å². The molecule has 1 aromatic heterocycles. The summed E-state index contributed by atoms with van der Waals surface area (Å²) >= 11 is 0. The maximum Gasteiger partial charge on any atom is 0.230 e. The minimum absolute atomic E-state index is 0.0637. The first-order valence-corrected chi connectivity index (χ1v) is 9.18. The van der Waals surface area contributed by atoms with Crippen LogP contribution in [0.25, 0.3) is 0 Å². The van der Waals surface area contributed by atoms with Crippen LogP contribution in [0, 0.1) is 19.3 Å². The Morgan fingerprint density at radius 1 is 1.21 bits per heavy atom. The van der Waals surface area contributed by atoms with Gasteiger partial charge < -0.3 is 14.9 Å². The molecule has 3 heterocycles. The van der Waals surface area contributed by atoms with Crippen LogP contribution in [0.5, 0.6) is 0 Å². The Kier molecular flexibility index (Phi) is 5.25. The lowest BCUT2D eigenvalue weighted by molar-refractivity contribution is -0.146. The molecule has 0 saturated carbocycles. The molecule has 0 unspecified atom stereocenters. The second-order valence-corrected chi connectivity index (χ2v) is 7.43. The number of carbonyl (C=O) groups is 1. The van der Waals surface area contributed by atoms with Crippen molar-refractivity contribution in [2.75, 3.05) is 39.3 Å². The maximum atomic E-state index is 12.8. The number of nitrogens with zero attached hydrogens (tertiary/aromatic N) is 4. The van der Waals surface area contributed by atoms with E-state index in [9.17, 15) is 4.79 Å². The van der Waals surface area contributed by atoms with Crippen molar-refractivity contribution in [3.63, 3.8) is 0 Å². The van der Waals surface area contributed by atoms with Gasteiger partial charge in [-0.15, -0.1) is 0 Å². The minimum Gasteiger partial charge on any atom is -0.395 e. The second-order valence-electron chi connectivity index (χ2n) is 7.43. The monoisotopic (exact) mass is 334 g/mol. The molecule has 24 heavy (non-hydrogen) atoms. The largest absolute Gasteiger partial charge is 0.395 e. The first-order chi connectivity index (χ1) is 11.5. The lowest BCUT2D eigenvalue weighted by Crippen LogP contribution is -2.50. The molecule has 1 spiro atoms. The third kappa shape index (κ3) is 3.49. The summed E-state index contributed by atoms with van der Waals surface area (Å²) in [5.74, 6) is 0.267. The standard InChI is InChI=1S/C18H30N4O2/c1-15-13-16(2)22(19-15)9-4-7-20-10-6-18(14-20)5-3-8-21(11-12-23)17(18)24/h13,23H,3-12,14H2,1-2H3/t18-/m0/s1. The van der Waals surface area contributed by atoms with Crippen molar-refractivity contribution in [2.45, 2.75) is 46.1 Å². The van der Waals surface area contributed by atoms with Gasteiger partial charge in [-0.25, -0.2) is 0 Å². The topological polar surface area (TPSA) is 61.6 Å². The average molecular weight is 334 g/mol. The molecule has 6 heteroatoms. The number of carbonyl (C=O) groups excluding carboxylic acids is 1. The van der Waals surface area contributed by atoms with E-state index in [1.165, 1.54) is 5.69 Å². The van der Waals surface area contributed by atoms with Crippen molar-refractivity contribution in [3.8, 4) is 0 Å². The van der Waals surface area contributed by atoms with Crippen LogP contribution in [0.2, 0.25) is 0 Å². The van der Waals surface area contributed by atoms with Crippen molar-refractivity contribution in [2.24, 2.45) is 5.41 Å². The summed E-state index contributed by atoms with van der Waals surface area (Å²) in [4.78, 5) is 17.1. The van der Waals surface area contributed by atoms with Crippen LogP contribution < -0.4 is 0 Å². The third-order valence-corrected chi connectivity index (χ3v) is 5.57. The highest BCUT2D eigenvalue weighted by atomic mass is 16.3. The normalized spacial score (nSPS) is 25.1. The molecule has 1 N–H and O–H groups in total. The van der Waals surface area contributed by atoms with Crippen LogP contribution in [0.3, 0.4) is 0 Å². The lowest BCUT2D eigenvalue weighted by Gasteiger charge is -2.39. The summed E-state index contributed by atoms with van der Waals surface area (Å²) in [6.07, 6.45) is 4.09. The van der Waals surface area contributed by atoms with Crippen LogP contribution in [0.4, 0.5) is 0 Å². The van der Waals surface area contributed by atoms with E-state index in [2.05, 4.69) is 27.7 Å². The van der Waals surface area contributed by atoms with Gasteiger partial charge in [0.2, 0.25) is 5.91 Å². The molecular weight excluding hydrogens is 304 g/mol. The number of hydrogen-bond donors (Lipinski definition) is 1. The summed E-state index contributed by atoms with van der Waals surface area (Å²) in [5, 5.41) is 13.7. The molecule has 0 bridgehead atoms. The van der Waals surface area contributed by atoms with E-state index >= 15 is 0 Å². The lowest BCUT2D eigenvalue weighted by atomic mass is 9.78. The molecule has 6 nitrogen and oxygen atoms in total. The highest BCUT2D eigenvalue weighted by molar-refractivity contribution is 5.84. The van der Waals surface area contributed by atoms with Crippen molar-refractivity contribution < 1.29 is 9.90 Å². The first-order valence-electron chi connectivity index (χ1n) is 9.18. The molecule has 2 fully saturated rings. The van der Waals surface area contributed by atoms with Crippen molar-refractivity contribution in [1.82, 2.24) is 19.6 Å². The number of aryl methyl sites for hydroxylation is 3. The van der Waals surface area contributed by atoms with Crippen molar-refractivity contribution in [3.05, 3.63) is 17.5 Å². The summed E-state index contributed by atoms with van der Waals surface area (Å²) in [7, 11) is 0. The number of β-amino-alcohol motifs (C(OH)–C–C–N with tert-alkyl or cyclic N) is 1. The molecular formula is C18H30N4O2. The van der Waals surface area contributed by atoms with E-state index in [1.54, 1.807) is 0 Å². The quantitative estimate of drug-likeness (QED) is 0.849. The molecule has 2 saturated heterocycles. The number of likely N-dealkylation sites (tertiary alicyclic amines) is 2. The number of amides is 1. The smallest absolute Gasteiger partial charge is 0.230 e. The van der Waals surface area contributed by atoms with Gasteiger partial charge in [0.05, 0.1) is 17.7 Å². The first kappa shape index (κ1) is 17.4. The zero-order valence-corrected chi connectivity index (χ0v) is 15.0. The van der Waals surface area contributed by atoms with E-state index in [0.717, 1.165) is 64.1 Å². The minimum atomic E-state index is -0.189. The number of aromatic nitrogens is 2. The summed E-state index contributed by atoms with van der Waals surface area (Å²) in [6.45, 7) is 9.33. The van der Waals surface area contributed by atoms with Gasteiger partial charge in [-0.3, -0.25) is 9.48 Å². The summed E-state index contributed by atoms with van der Waals surface area (Å²) < 4.78 is 2.08. The van der Waals surface area contributed by atoms with Crippen LogP contribution in [0.1, 0.15) is 37.1 Å². The van der Waals surface area contributed by atoms with Crippen molar-refractivity contribution in [1.29, 1.82) is 0 Å². The number of aliphatic hydroxyl groups is 1. The highest BCUT2D eigenvalue weighted by Crippen LogP contribution is 2.39. The zero-order chi connectivity index (χ0) is 17.2. The van der Waals surface area contributed by atoms with Gasteiger partial charge in [-0.1, -0.05) is 0 Å². The van der Waals surface area contributed by atoms with Crippen LogP contribution >= 0.6 is 0 Å². The molecule has 0 aliphatic carbocycles. The Labute approximate surface area is 144 Å². The highest BCUT2D eigenvalue weighted by Gasteiger charge is 2.47. The Balaban J connectivity index is 1.51. The van der Waals surface area contributed by atoms with Gasteiger partial charge in [0, 0.05) is 31.9 Å². The molecule has 0 radical (unpaired) electrons. The molecule has 1 amide bonds. The predicted molar refractivity (Wildman–Crippen MR) is 92.7 cm³/mol. The molecule has 134 valence electrons. The Hall–Kier alpha value is -1.40. The number of hydrogen-bond acceptors (Lipinski definition) is 4. The van der Waals surface area contributed by atoms with E-state index in [1.807, 2.05) is 11.8 Å². The Bertz CT molecular complexity index is 584. The fourth-order valence-corrected chi connectivity index (χ4v) is 4.36. The van der Waals surface area contributed by atoms with Gasteiger partial charge in [-0.05, 0) is 58.7 Å². The van der Waals surface area contributed by atoms with E-state index < -0.39 is 0 Å². The Morgan fingerprint density at radius 2 is 2.04 bits per heavy atom. The second kappa shape index (κ2) is 7.23. The van der Waals surface area contributed by atoms with Gasteiger partial charge in [-0.2, -0.15) is 5.10 Å². The number of piperidine rings is 1. The fraction of sp³-hybridized carbons (Fsp3) is 0.778. The maximum absolute atomic E-state index is 12.8. The van der Waals surface area contributed by atoms with Crippen LogP contribution in [0.15, 0.2) is 6.07 Å². The number of rotatable bonds is 6. The predicted octanol–water partition coefficient (Wildman–Crippen LogP) is 1.20. The van der Waals surface area contributed by atoms with Gasteiger partial charge in [0.15, 0.2) is 0 Å².